The van der Waals surface area contributed by atoms with Crippen LogP contribution < -0.4 is 10.1 Å². The standard InChI is InChI=1S/C25H19ClF3N3O2/c1-2-34-19-13-11-18(12-14-19)30-24(33)17-9-7-16(8-10-17)22-15-23(25(27,28)29)31-32(22)21-6-4-3-5-20(21)26/h3-15H,2H2,1H3,(H,30,33). The Morgan fingerprint density at radius 2 is 1.71 bits per heavy atom. The lowest BCUT2D eigenvalue weighted by Crippen LogP contribution is -2.11. The molecule has 5 nitrogen and oxygen atoms in total. The molecule has 174 valence electrons. The summed E-state index contributed by atoms with van der Waals surface area (Å²) in [6.07, 6.45) is -4.63. The molecule has 4 rings (SSSR count). The van der Waals surface area contributed by atoms with Crippen LogP contribution in [0, 0.1) is 0 Å². The van der Waals surface area contributed by atoms with Crippen LogP contribution in [0.15, 0.2) is 78.9 Å². The summed E-state index contributed by atoms with van der Waals surface area (Å²) in [4.78, 5) is 12.6. The fourth-order valence-electron chi connectivity index (χ4n) is 3.33. The van der Waals surface area contributed by atoms with Crippen molar-refractivity contribution in [3.63, 3.8) is 0 Å². The maximum Gasteiger partial charge on any atom is 0.435 e. The van der Waals surface area contributed by atoms with Gasteiger partial charge in [-0.2, -0.15) is 18.3 Å². The van der Waals surface area contributed by atoms with Gasteiger partial charge < -0.3 is 10.1 Å². The first-order valence-corrected chi connectivity index (χ1v) is 10.7. The van der Waals surface area contributed by atoms with Crippen LogP contribution in [0.5, 0.6) is 5.75 Å². The molecule has 0 radical (unpaired) electrons. The third kappa shape index (κ3) is 5.07. The van der Waals surface area contributed by atoms with Crippen LogP contribution in [-0.2, 0) is 6.18 Å². The number of hydrogen-bond acceptors (Lipinski definition) is 3. The van der Waals surface area contributed by atoms with Gasteiger partial charge in [-0.25, -0.2) is 4.68 Å². The number of nitrogens with one attached hydrogen (secondary N) is 1. The molecule has 1 amide bonds. The highest BCUT2D eigenvalue weighted by molar-refractivity contribution is 6.32. The van der Waals surface area contributed by atoms with E-state index in [-0.39, 0.29) is 16.6 Å². The minimum Gasteiger partial charge on any atom is -0.494 e. The number of rotatable bonds is 6. The number of amides is 1. The molecule has 0 unspecified atom stereocenters. The minimum atomic E-state index is -4.63. The van der Waals surface area contributed by atoms with E-state index in [0.717, 1.165) is 10.7 Å². The Kier molecular flexibility index (Phi) is 6.61. The number of aromatic nitrogens is 2. The molecule has 4 aromatic rings. The van der Waals surface area contributed by atoms with Crippen molar-refractivity contribution in [3.8, 4) is 22.7 Å². The molecule has 1 aromatic heterocycles. The van der Waals surface area contributed by atoms with Crippen LogP contribution in [0.2, 0.25) is 5.02 Å². The van der Waals surface area contributed by atoms with E-state index in [0.29, 0.717) is 34.9 Å². The molecule has 3 aromatic carbocycles. The normalized spacial score (nSPS) is 11.3. The number of halogens is 4. The van der Waals surface area contributed by atoms with Gasteiger partial charge in [0.2, 0.25) is 0 Å². The van der Waals surface area contributed by atoms with Crippen molar-refractivity contribution in [2.24, 2.45) is 0 Å². The fraction of sp³-hybridized carbons (Fsp3) is 0.120. The third-order valence-corrected chi connectivity index (χ3v) is 5.27. The van der Waals surface area contributed by atoms with E-state index in [2.05, 4.69) is 10.4 Å². The fourth-order valence-corrected chi connectivity index (χ4v) is 3.54. The lowest BCUT2D eigenvalue weighted by molar-refractivity contribution is -0.141. The van der Waals surface area contributed by atoms with Crippen molar-refractivity contribution in [2.75, 3.05) is 11.9 Å². The average Bonchev–Trinajstić information content (AvgIpc) is 3.27. The maximum atomic E-state index is 13.4. The molecule has 9 heteroatoms. The zero-order chi connectivity index (χ0) is 24.3. The first kappa shape index (κ1) is 23.4. The summed E-state index contributed by atoms with van der Waals surface area (Å²) in [5, 5.41) is 6.77. The Balaban J connectivity index is 1.61. The van der Waals surface area contributed by atoms with Gasteiger partial charge in [0.15, 0.2) is 5.69 Å². The first-order chi connectivity index (χ1) is 16.3. The number of alkyl halides is 3. The summed E-state index contributed by atoms with van der Waals surface area (Å²) >= 11 is 6.21. The highest BCUT2D eigenvalue weighted by Crippen LogP contribution is 2.34. The Morgan fingerprint density at radius 1 is 1.03 bits per heavy atom. The number of carbonyl (C=O) groups is 1. The van der Waals surface area contributed by atoms with E-state index in [1.54, 1.807) is 60.7 Å². The summed E-state index contributed by atoms with van der Waals surface area (Å²) < 4.78 is 46.7. The van der Waals surface area contributed by atoms with Crippen LogP contribution >= 0.6 is 11.6 Å². The summed E-state index contributed by atoms with van der Waals surface area (Å²) in [5.41, 5.74) is 0.841. The molecule has 0 bridgehead atoms. The Hall–Kier alpha value is -3.78. The second kappa shape index (κ2) is 9.61. The van der Waals surface area contributed by atoms with Gasteiger partial charge in [-0.3, -0.25) is 4.79 Å². The highest BCUT2D eigenvalue weighted by atomic mass is 35.5. The Labute approximate surface area is 198 Å². The van der Waals surface area contributed by atoms with Crippen LogP contribution in [0.1, 0.15) is 23.0 Å². The molecule has 1 N–H and O–H groups in total. The van der Waals surface area contributed by atoms with Gasteiger partial charge in [-0.15, -0.1) is 0 Å². The quantitative estimate of drug-likeness (QED) is 0.324. The minimum absolute atomic E-state index is 0.193. The Bertz CT molecular complexity index is 1300. The number of carbonyl (C=O) groups excluding carboxylic acids is 1. The number of ether oxygens (including phenoxy) is 1. The predicted molar refractivity (Wildman–Crippen MR) is 125 cm³/mol. The number of para-hydroxylation sites is 1. The molecule has 34 heavy (non-hydrogen) atoms. The smallest absolute Gasteiger partial charge is 0.435 e. The van der Waals surface area contributed by atoms with E-state index in [4.69, 9.17) is 16.3 Å². The van der Waals surface area contributed by atoms with E-state index < -0.39 is 11.9 Å². The lowest BCUT2D eigenvalue weighted by atomic mass is 10.1. The highest BCUT2D eigenvalue weighted by Gasteiger charge is 2.35. The Morgan fingerprint density at radius 3 is 2.32 bits per heavy atom. The van der Waals surface area contributed by atoms with E-state index in [1.807, 2.05) is 6.92 Å². The van der Waals surface area contributed by atoms with E-state index >= 15 is 0 Å². The summed E-state index contributed by atoms with van der Waals surface area (Å²) in [7, 11) is 0. The van der Waals surface area contributed by atoms with Crippen LogP contribution in [0.25, 0.3) is 16.9 Å². The molecule has 0 aliphatic rings. The van der Waals surface area contributed by atoms with Crippen molar-refractivity contribution in [2.45, 2.75) is 13.1 Å². The summed E-state index contributed by atoms with van der Waals surface area (Å²) in [6, 6.07) is 20.6. The molecular formula is C25H19ClF3N3O2. The molecule has 0 atom stereocenters. The largest absolute Gasteiger partial charge is 0.494 e. The zero-order valence-corrected chi connectivity index (χ0v) is 18.7. The number of nitrogens with zero attached hydrogens (tertiary/aromatic N) is 2. The van der Waals surface area contributed by atoms with Crippen LogP contribution in [0.3, 0.4) is 0 Å². The van der Waals surface area contributed by atoms with Gasteiger partial charge in [0.05, 0.1) is 23.0 Å². The van der Waals surface area contributed by atoms with Gasteiger partial charge in [0, 0.05) is 16.8 Å². The molecule has 0 fully saturated rings. The van der Waals surface area contributed by atoms with Crippen molar-refractivity contribution >= 4 is 23.2 Å². The average molecular weight is 486 g/mol. The monoisotopic (exact) mass is 485 g/mol. The third-order valence-electron chi connectivity index (χ3n) is 4.95. The lowest BCUT2D eigenvalue weighted by Gasteiger charge is -2.10. The molecule has 0 spiro atoms. The molecule has 0 aliphatic heterocycles. The number of anilines is 1. The predicted octanol–water partition coefficient (Wildman–Crippen LogP) is 6.86. The van der Waals surface area contributed by atoms with Crippen molar-refractivity contribution in [1.82, 2.24) is 9.78 Å². The van der Waals surface area contributed by atoms with Crippen molar-refractivity contribution < 1.29 is 22.7 Å². The molecule has 1 heterocycles. The molecule has 0 aliphatic carbocycles. The number of hydrogen-bond donors (Lipinski definition) is 1. The summed E-state index contributed by atoms with van der Waals surface area (Å²) in [5.74, 6) is 0.338. The molecular weight excluding hydrogens is 467 g/mol. The second-order valence-electron chi connectivity index (χ2n) is 7.26. The van der Waals surface area contributed by atoms with Gasteiger partial charge in [0.1, 0.15) is 5.75 Å². The molecule has 0 saturated heterocycles. The van der Waals surface area contributed by atoms with E-state index in [9.17, 15) is 18.0 Å². The first-order valence-electron chi connectivity index (χ1n) is 10.3. The van der Waals surface area contributed by atoms with E-state index in [1.165, 1.54) is 12.1 Å². The summed E-state index contributed by atoms with van der Waals surface area (Å²) in [6.45, 7) is 2.42. The maximum absolute atomic E-state index is 13.4. The van der Waals surface area contributed by atoms with Crippen LogP contribution in [-0.4, -0.2) is 22.3 Å². The second-order valence-corrected chi connectivity index (χ2v) is 7.67. The topological polar surface area (TPSA) is 56.1 Å². The number of benzene rings is 3. The van der Waals surface area contributed by atoms with Gasteiger partial charge in [0.25, 0.3) is 5.91 Å². The van der Waals surface area contributed by atoms with Crippen molar-refractivity contribution in [1.29, 1.82) is 0 Å². The molecule has 0 saturated carbocycles. The van der Waals surface area contributed by atoms with Gasteiger partial charge in [-0.05, 0) is 61.5 Å². The van der Waals surface area contributed by atoms with Crippen LogP contribution in [0.4, 0.5) is 18.9 Å². The SMILES string of the molecule is CCOc1ccc(NC(=O)c2ccc(-c3cc(C(F)(F)F)nn3-c3ccccc3Cl)cc2)cc1. The van der Waals surface area contributed by atoms with Crippen molar-refractivity contribution in [3.05, 3.63) is 95.1 Å². The zero-order valence-electron chi connectivity index (χ0n) is 17.9. The van der Waals surface area contributed by atoms with Gasteiger partial charge >= 0.3 is 6.18 Å². The van der Waals surface area contributed by atoms with Gasteiger partial charge in [-0.1, -0.05) is 35.9 Å².